The lowest BCUT2D eigenvalue weighted by atomic mass is 10.2. The minimum absolute atomic E-state index is 0.148. The highest BCUT2D eigenvalue weighted by Crippen LogP contribution is 2.30. The first kappa shape index (κ1) is 19.8. The van der Waals surface area contributed by atoms with Gasteiger partial charge in [-0.1, -0.05) is 36.4 Å². The predicted octanol–water partition coefficient (Wildman–Crippen LogP) is 3.06. The maximum absolute atomic E-state index is 12.5. The van der Waals surface area contributed by atoms with E-state index in [1.807, 2.05) is 24.3 Å². The number of ether oxygens (including phenoxy) is 2. The Hall–Kier alpha value is -3.52. The highest BCUT2D eigenvalue weighted by Gasteiger charge is 2.21. The van der Waals surface area contributed by atoms with Gasteiger partial charge < -0.3 is 14.8 Å². The molecule has 3 aromatic carbocycles. The first-order valence-electron chi connectivity index (χ1n) is 9.36. The molecule has 3 aromatic rings. The summed E-state index contributed by atoms with van der Waals surface area (Å²) in [5.74, 6) is 0.983. The summed E-state index contributed by atoms with van der Waals surface area (Å²) in [6.45, 7) is 0.585. The molecule has 2 N–H and O–H groups in total. The van der Waals surface area contributed by atoms with Crippen LogP contribution in [0, 0.1) is 0 Å². The molecule has 0 aliphatic carbocycles. The Morgan fingerprint density at radius 2 is 1.67 bits per heavy atom. The van der Waals surface area contributed by atoms with E-state index >= 15 is 0 Å². The zero-order chi connectivity index (χ0) is 21.0. The second kappa shape index (κ2) is 8.46. The maximum atomic E-state index is 12.5. The quantitative estimate of drug-likeness (QED) is 0.634. The average Bonchev–Trinajstić information content (AvgIpc) is 2.78. The normalized spacial score (nSPS) is 15.3. The lowest BCUT2D eigenvalue weighted by molar-refractivity contribution is 0.0789. The standard InChI is InChI=1S/C22H20N2O5S/c25-22(23-14-18-15-28-20-11-4-5-12-21(20)29-18)16-7-6-8-17(13-16)24-30(26,27)19-9-2-1-3-10-19/h1-13,18,24H,14-15H2,(H,23,25). The van der Waals surface area contributed by atoms with Gasteiger partial charge in [-0.3, -0.25) is 9.52 Å². The molecule has 1 unspecified atom stereocenters. The third-order valence-electron chi connectivity index (χ3n) is 4.49. The van der Waals surface area contributed by atoms with E-state index in [9.17, 15) is 13.2 Å². The molecule has 0 saturated carbocycles. The minimum Gasteiger partial charge on any atom is -0.486 e. The largest absolute Gasteiger partial charge is 0.486 e. The number of amides is 1. The number of nitrogens with one attached hydrogen (secondary N) is 2. The van der Waals surface area contributed by atoms with Gasteiger partial charge in [-0.05, 0) is 42.5 Å². The number of fused-ring (bicyclic) bond motifs is 1. The number of sulfonamides is 1. The molecule has 30 heavy (non-hydrogen) atoms. The summed E-state index contributed by atoms with van der Waals surface area (Å²) >= 11 is 0. The van der Waals surface area contributed by atoms with Crippen LogP contribution in [0.25, 0.3) is 0 Å². The third kappa shape index (κ3) is 4.55. The molecule has 0 radical (unpaired) electrons. The molecule has 1 aliphatic rings. The Morgan fingerprint density at radius 1 is 0.933 bits per heavy atom. The van der Waals surface area contributed by atoms with Gasteiger partial charge >= 0.3 is 0 Å². The van der Waals surface area contributed by atoms with E-state index in [1.54, 1.807) is 36.4 Å². The summed E-state index contributed by atoms with van der Waals surface area (Å²) in [6, 6.07) is 21.7. The van der Waals surface area contributed by atoms with Crippen molar-refractivity contribution in [3.8, 4) is 11.5 Å². The molecule has 0 saturated heterocycles. The van der Waals surface area contributed by atoms with Crippen molar-refractivity contribution in [1.82, 2.24) is 5.32 Å². The molecular formula is C22H20N2O5S. The summed E-state index contributed by atoms with van der Waals surface area (Å²) in [6.07, 6.45) is -0.316. The van der Waals surface area contributed by atoms with Crippen molar-refractivity contribution < 1.29 is 22.7 Å². The zero-order valence-electron chi connectivity index (χ0n) is 15.9. The molecule has 0 spiro atoms. The summed E-state index contributed by atoms with van der Waals surface area (Å²) in [5, 5.41) is 2.80. The Labute approximate surface area is 174 Å². The molecule has 0 fully saturated rings. The van der Waals surface area contributed by atoms with E-state index in [4.69, 9.17) is 9.47 Å². The van der Waals surface area contributed by atoms with Gasteiger partial charge in [0, 0.05) is 11.3 Å². The lowest BCUT2D eigenvalue weighted by Gasteiger charge is -2.26. The first-order chi connectivity index (χ1) is 14.5. The Balaban J connectivity index is 1.38. The molecule has 7 nitrogen and oxygen atoms in total. The topological polar surface area (TPSA) is 93.7 Å². The van der Waals surface area contributed by atoms with Crippen LogP contribution in [0.4, 0.5) is 5.69 Å². The molecule has 1 atom stereocenters. The van der Waals surface area contributed by atoms with Gasteiger partial charge in [0.05, 0.1) is 11.4 Å². The van der Waals surface area contributed by atoms with Crippen molar-refractivity contribution in [2.24, 2.45) is 0 Å². The lowest BCUT2D eigenvalue weighted by Crippen LogP contribution is -2.40. The van der Waals surface area contributed by atoms with Gasteiger partial charge in [0.2, 0.25) is 0 Å². The van der Waals surface area contributed by atoms with Gasteiger partial charge in [0.1, 0.15) is 12.7 Å². The van der Waals surface area contributed by atoms with Crippen LogP contribution in [0.15, 0.2) is 83.8 Å². The van der Waals surface area contributed by atoms with Gasteiger partial charge in [-0.2, -0.15) is 0 Å². The smallest absolute Gasteiger partial charge is 0.261 e. The monoisotopic (exact) mass is 424 g/mol. The highest BCUT2D eigenvalue weighted by atomic mass is 32.2. The second-order valence-corrected chi connectivity index (χ2v) is 8.39. The van der Waals surface area contributed by atoms with E-state index < -0.39 is 10.0 Å². The van der Waals surface area contributed by atoms with E-state index in [0.29, 0.717) is 29.4 Å². The van der Waals surface area contributed by atoms with Crippen LogP contribution < -0.4 is 19.5 Å². The molecular weight excluding hydrogens is 404 g/mol. The van der Waals surface area contributed by atoms with Crippen LogP contribution in [0.3, 0.4) is 0 Å². The molecule has 0 bridgehead atoms. The van der Waals surface area contributed by atoms with E-state index in [1.165, 1.54) is 18.2 Å². The van der Waals surface area contributed by atoms with Crippen molar-refractivity contribution in [3.05, 3.63) is 84.4 Å². The van der Waals surface area contributed by atoms with Gasteiger partial charge in [-0.25, -0.2) is 8.42 Å². The van der Waals surface area contributed by atoms with Crippen molar-refractivity contribution in [3.63, 3.8) is 0 Å². The van der Waals surface area contributed by atoms with Crippen molar-refractivity contribution >= 4 is 21.6 Å². The number of carbonyl (C=O) groups excluding carboxylic acids is 1. The van der Waals surface area contributed by atoms with E-state index in [-0.39, 0.29) is 23.5 Å². The molecule has 1 heterocycles. The SMILES string of the molecule is O=C(NCC1COc2ccccc2O1)c1cccc(NS(=O)(=O)c2ccccc2)c1. The molecule has 154 valence electrons. The predicted molar refractivity (Wildman–Crippen MR) is 112 cm³/mol. The molecule has 1 aliphatic heterocycles. The molecule has 1 amide bonds. The van der Waals surface area contributed by atoms with Gasteiger partial charge in [0.25, 0.3) is 15.9 Å². The van der Waals surface area contributed by atoms with E-state index in [2.05, 4.69) is 10.0 Å². The number of benzene rings is 3. The van der Waals surface area contributed by atoms with Crippen LogP contribution in [-0.2, 0) is 10.0 Å². The summed E-state index contributed by atoms with van der Waals surface area (Å²) in [4.78, 5) is 12.7. The summed E-state index contributed by atoms with van der Waals surface area (Å²) in [7, 11) is -3.73. The van der Waals surface area contributed by atoms with Crippen LogP contribution in [0.1, 0.15) is 10.4 Å². The number of rotatable bonds is 6. The molecule has 8 heteroatoms. The van der Waals surface area contributed by atoms with Crippen LogP contribution >= 0.6 is 0 Å². The summed E-state index contributed by atoms with van der Waals surface area (Å²) in [5.41, 5.74) is 0.637. The van der Waals surface area contributed by atoms with Gasteiger partial charge in [-0.15, -0.1) is 0 Å². The van der Waals surface area contributed by atoms with Crippen LogP contribution in [0.5, 0.6) is 11.5 Å². The second-order valence-electron chi connectivity index (χ2n) is 6.71. The maximum Gasteiger partial charge on any atom is 0.261 e. The number of hydrogen-bond donors (Lipinski definition) is 2. The number of para-hydroxylation sites is 2. The zero-order valence-corrected chi connectivity index (χ0v) is 16.8. The first-order valence-corrected chi connectivity index (χ1v) is 10.8. The van der Waals surface area contributed by atoms with Crippen molar-refractivity contribution in [2.75, 3.05) is 17.9 Å². The molecule has 4 rings (SSSR count). The third-order valence-corrected chi connectivity index (χ3v) is 5.89. The Bertz CT molecular complexity index is 1150. The average molecular weight is 424 g/mol. The van der Waals surface area contributed by atoms with Crippen LogP contribution in [-0.4, -0.2) is 33.6 Å². The summed E-state index contributed by atoms with van der Waals surface area (Å²) < 4.78 is 38.9. The Morgan fingerprint density at radius 3 is 2.47 bits per heavy atom. The number of hydrogen-bond acceptors (Lipinski definition) is 5. The highest BCUT2D eigenvalue weighted by molar-refractivity contribution is 7.92. The molecule has 0 aromatic heterocycles. The minimum atomic E-state index is -3.73. The Kier molecular flexibility index (Phi) is 5.58. The fourth-order valence-electron chi connectivity index (χ4n) is 3.01. The van der Waals surface area contributed by atoms with Gasteiger partial charge in [0.15, 0.2) is 11.5 Å². The number of carbonyl (C=O) groups is 1. The van der Waals surface area contributed by atoms with Crippen LogP contribution in [0.2, 0.25) is 0 Å². The van der Waals surface area contributed by atoms with E-state index in [0.717, 1.165) is 0 Å². The van der Waals surface area contributed by atoms with Crippen molar-refractivity contribution in [2.45, 2.75) is 11.0 Å². The number of anilines is 1. The fraction of sp³-hybridized carbons (Fsp3) is 0.136. The fourth-order valence-corrected chi connectivity index (χ4v) is 4.08. The van der Waals surface area contributed by atoms with Crippen molar-refractivity contribution in [1.29, 1.82) is 0 Å².